The van der Waals surface area contributed by atoms with Crippen LogP contribution in [0.1, 0.15) is 40.4 Å². The normalized spacial score (nSPS) is 12.5. The van der Waals surface area contributed by atoms with E-state index in [-0.39, 0.29) is 43.5 Å². The molecular weight excluding hydrogens is 730 g/mol. The maximum Gasteiger partial charge on any atom is 0.339 e. The summed E-state index contributed by atoms with van der Waals surface area (Å²) in [5.74, 6) is 0.0529. The summed E-state index contributed by atoms with van der Waals surface area (Å²) in [6.45, 7) is -0.439. The molecule has 1 aliphatic carbocycles. The van der Waals surface area contributed by atoms with Crippen LogP contribution in [0.4, 0.5) is 11.4 Å². The van der Waals surface area contributed by atoms with E-state index in [1.807, 2.05) is 6.07 Å². The van der Waals surface area contributed by atoms with Gasteiger partial charge in [-0.15, -0.1) is 0 Å². The smallest absolute Gasteiger partial charge is 0.339 e. The third kappa shape index (κ3) is 11.9. The van der Waals surface area contributed by atoms with E-state index in [0.29, 0.717) is 17.1 Å². The number of carbonyl (C=O) groups is 2. The number of ether oxygens (including phenoxy) is 1. The number of carbonyl (C=O) groups excluding carboxylic acids is 1. The second-order valence-electron chi connectivity index (χ2n) is 10.2. The molecule has 4 aromatic rings. The molecule has 1 fully saturated rings. The number of hydrogen-bond acceptors (Lipinski definition) is 12. The number of hydrogen-bond donors (Lipinski definition) is 5. The number of sulfone groups is 1. The zero-order chi connectivity index (χ0) is 36.5. The van der Waals surface area contributed by atoms with Gasteiger partial charge in [-0.25, -0.2) is 8.42 Å². The van der Waals surface area contributed by atoms with Crippen LogP contribution in [0.5, 0.6) is 11.5 Å². The van der Waals surface area contributed by atoms with Gasteiger partial charge >= 0.3 is 13.6 Å². The molecule has 49 heavy (non-hydrogen) atoms. The van der Waals surface area contributed by atoms with Gasteiger partial charge in [0.25, 0.3) is 5.69 Å². The molecule has 16 nitrogen and oxygen atoms in total. The van der Waals surface area contributed by atoms with Crippen molar-refractivity contribution in [1.82, 2.24) is 10.5 Å². The number of nitrogen functional groups attached to an aromatic ring is 1. The van der Waals surface area contributed by atoms with Crippen LogP contribution >= 0.6 is 30.8 Å². The van der Waals surface area contributed by atoms with Crippen molar-refractivity contribution >= 4 is 63.8 Å². The van der Waals surface area contributed by atoms with E-state index in [2.05, 4.69) is 10.5 Å². The first-order valence-electron chi connectivity index (χ1n) is 13.8. The highest BCUT2D eigenvalue weighted by Crippen LogP contribution is 2.42. The summed E-state index contributed by atoms with van der Waals surface area (Å²) >= 11 is 11.8. The van der Waals surface area contributed by atoms with Crippen LogP contribution in [0.25, 0.3) is 0 Å². The first kappa shape index (κ1) is 39.1. The molecule has 0 bridgehead atoms. The summed E-state index contributed by atoms with van der Waals surface area (Å²) in [5, 5.41) is 24.7. The Balaban J connectivity index is 0.000000212. The van der Waals surface area contributed by atoms with Crippen LogP contribution in [0.3, 0.4) is 0 Å². The molecule has 3 aromatic carbocycles. The monoisotopic (exact) mass is 758 g/mol. The number of nitrogens with zero attached hydrogens (tertiary/aromatic N) is 2. The van der Waals surface area contributed by atoms with Crippen molar-refractivity contribution in [3.05, 3.63) is 104 Å². The fraction of sp³-hybridized carbons (Fsp3) is 0.207. The summed E-state index contributed by atoms with van der Waals surface area (Å²) in [7, 11) is -7.66. The van der Waals surface area contributed by atoms with E-state index >= 15 is 0 Å². The van der Waals surface area contributed by atoms with Gasteiger partial charge in [-0.2, -0.15) is 0 Å². The molecule has 1 aromatic heterocycles. The number of aromatic nitrogens is 1. The average Bonchev–Trinajstić information content (AvgIpc) is 3.74. The lowest BCUT2D eigenvalue weighted by Crippen LogP contribution is -2.23. The molecule has 1 aliphatic rings. The zero-order valence-corrected chi connectivity index (χ0v) is 28.6. The molecular formula is C29H29Cl2N4O12PS. The van der Waals surface area contributed by atoms with Crippen LogP contribution in [0, 0.1) is 10.1 Å². The van der Waals surface area contributed by atoms with E-state index in [0.717, 1.165) is 19.1 Å². The number of nitrogens with one attached hydrogen (secondary N) is 1. The second-order valence-corrected chi connectivity index (χ2v) is 14.7. The number of nitrogens with two attached hydrogens (primary N) is 1. The predicted octanol–water partition coefficient (Wildman–Crippen LogP) is 5.26. The molecule has 0 radical (unpaired) electrons. The van der Waals surface area contributed by atoms with E-state index in [4.69, 9.17) is 53.1 Å². The summed E-state index contributed by atoms with van der Waals surface area (Å²) in [4.78, 5) is 48.8. The molecule has 1 saturated carbocycles. The SMILES string of the molecule is CS(=O)(=O)c1cc(Cl)ccc1C(=O)c1cnoc1C1CC1.Nc1c([N+](=O)[O-])ccc(Oc2ccccc2)c1Cl.O=C(O)CNCP(=O)(O)O. The fourth-order valence-corrected chi connectivity index (χ4v) is 5.66. The van der Waals surface area contributed by atoms with Gasteiger partial charge in [0.05, 0.1) is 34.4 Å². The third-order valence-electron chi connectivity index (χ3n) is 6.26. The van der Waals surface area contributed by atoms with Crippen molar-refractivity contribution in [2.75, 3.05) is 24.8 Å². The van der Waals surface area contributed by atoms with Gasteiger partial charge in [-0.05, 0) is 49.2 Å². The largest absolute Gasteiger partial charge is 0.480 e. The Labute approximate surface area is 289 Å². The fourth-order valence-electron chi connectivity index (χ4n) is 3.92. The van der Waals surface area contributed by atoms with Crippen molar-refractivity contribution in [2.45, 2.75) is 23.7 Å². The summed E-state index contributed by atoms with van der Waals surface area (Å²) in [6.07, 6.45) is 3.70. The summed E-state index contributed by atoms with van der Waals surface area (Å²) < 4.78 is 44.4. The van der Waals surface area contributed by atoms with Crippen molar-refractivity contribution in [3.63, 3.8) is 0 Å². The lowest BCUT2D eigenvalue weighted by Gasteiger charge is -2.08. The van der Waals surface area contributed by atoms with E-state index in [1.54, 1.807) is 24.3 Å². The van der Waals surface area contributed by atoms with Gasteiger partial charge in [0, 0.05) is 28.8 Å². The zero-order valence-electron chi connectivity index (χ0n) is 25.4. The van der Waals surface area contributed by atoms with Crippen LogP contribution < -0.4 is 15.8 Å². The van der Waals surface area contributed by atoms with Crippen LogP contribution in [0.15, 0.2) is 76.3 Å². The average molecular weight is 760 g/mol. The highest BCUT2D eigenvalue weighted by atomic mass is 35.5. The number of nitro benzene ring substituents is 1. The minimum absolute atomic E-state index is 0.0352. The van der Waals surface area contributed by atoms with Gasteiger partial charge in [0.1, 0.15) is 22.2 Å². The third-order valence-corrected chi connectivity index (χ3v) is 8.66. The van der Waals surface area contributed by atoms with Crippen LogP contribution in [0.2, 0.25) is 10.0 Å². The number of halogens is 2. The second kappa shape index (κ2) is 16.8. The Morgan fingerprint density at radius 2 is 1.78 bits per heavy atom. The topological polar surface area (TPSA) is 262 Å². The first-order valence-corrected chi connectivity index (χ1v) is 18.2. The molecule has 5 rings (SSSR count). The minimum atomic E-state index is -4.10. The van der Waals surface area contributed by atoms with Crippen LogP contribution in [-0.2, 0) is 19.2 Å². The van der Waals surface area contributed by atoms with Gasteiger partial charge in [0.2, 0.25) is 0 Å². The van der Waals surface area contributed by atoms with Crippen molar-refractivity contribution in [3.8, 4) is 11.5 Å². The number of para-hydroxylation sites is 1. The Hall–Kier alpha value is -4.35. The number of anilines is 1. The number of rotatable bonds is 11. The number of carboxylic acids is 1. The summed E-state index contributed by atoms with van der Waals surface area (Å²) in [5.41, 5.74) is 5.66. The number of benzene rings is 3. The molecule has 262 valence electrons. The number of ketones is 1. The maximum atomic E-state index is 12.6. The van der Waals surface area contributed by atoms with Gasteiger partial charge in [-0.1, -0.05) is 46.6 Å². The number of nitro groups is 1. The Morgan fingerprint density at radius 1 is 1.12 bits per heavy atom. The lowest BCUT2D eigenvalue weighted by atomic mass is 10.0. The molecule has 1 heterocycles. The van der Waals surface area contributed by atoms with E-state index in [1.165, 1.54) is 36.5 Å². The first-order chi connectivity index (χ1) is 22.9. The highest BCUT2D eigenvalue weighted by Gasteiger charge is 2.34. The number of aliphatic carboxylic acids is 1. The molecule has 6 N–H and O–H groups in total. The standard InChI is InChI=1S/C14H12ClNO4S.C12H9ClN2O3.C3H8NO5P/c1-21(18,19)12-6-9(15)4-5-10(12)13(17)11-7-16-20-14(11)8-2-3-8;13-11-10(18-8-4-2-1-3-5-8)7-6-9(12(11)14)15(16)17;5-3(6)1-4-2-10(7,8)9/h4-8H,2-3H2,1H3;1-7H,14H2;4H,1-2H2,(H,5,6)(H2,7,8,9). The molecule has 0 unspecified atom stereocenters. The Morgan fingerprint density at radius 3 is 2.33 bits per heavy atom. The lowest BCUT2D eigenvalue weighted by molar-refractivity contribution is -0.383. The van der Waals surface area contributed by atoms with Crippen molar-refractivity contribution < 1.29 is 51.6 Å². The highest BCUT2D eigenvalue weighted by molar-refractivity contribution is 7.90. The Kier molecular flexibility index (Phi) is 13.4. The molecule has 0 saturated heterocycles. The maximum absolute atomic E-state index is 12.6. The number of carboxylic acid groups (broad SMARTS) is 1. The Bertz CT molecular complexity index is 1980. The summed E-state index contributed by atoms with van der Waals surface area (Å²) in [6, 6.07) is 15.8. The van der Waals surface area contributed by atoms with Gasteiger partial charge in [0.15, 0.2) is 21.4 Å². The molecule has 0 atom stereocenters. The van der Waals surface area contributed by atoms with Crippen LogP contribution in [-0.4, -0.2) is 64.2 Å². The van der Waals surface area contributed by atoms with Gasteiger partial charge < -0.3 is 29.9 Å². The molecule has 0 aliphatic heterocycles. The molecule has 0 spiro atoms. The molecule has 0 amide bonds. The van der Waals surface area contributed by atoms with Crippen molar-refractivity contribution in [1.29, 1.82) is 0 Å². The molecule has 20 heteroatoms. The van der Waals surface area contributed by atoms with Gasteiger partial charge in [-0.3, -0.25) is 29.6 Å². The van der Waals surface area contributed by atoms with E-state index < -0.39 is 46.9 Å². The quantitative estimate of drug-likeness (QED) is 0.0429. The van der Waals surface area contributed by atoms with E-state index in [9.17, 15) is 32.7 Å². The van der Waals surface area contributed by atoms with Crippen molar-refractivity contribution in [2.24, 2.45) is 0 Å². The minimum Gasteiger partial charge on any atom is -0.480 e. The predicted molar refractivity (Wildman–Crippen MR) is 178 cm³/mol.